The summed E-state index contributed by atoms with van der Waals surface area (Å²) in [7, 11) is 0. The average Bonchev–Trinajstić information content (AvgIpc) is 2.38. The summed E-state index contributed by atoms with van der Waals surface area (Å²) in [6.45, 7) is 1.44. The lowest BCUT2D eigenvalue weighted by atomic mass is 10.2. The van der Waals surface area contributed by atoms with Crippen molar-refractivity contribution in [3.63, 3.8) is 0 Å². The molecule has 0 aliphatic rings. The molecule has 0 radical (unpaired) electrons. The first-order valence-electron chi connectivity index (χ1n) is 5.95. The third-order valence-corrected chi connectivity index (χ3v) is 2.46. The number of rotatable bonds is 7. The molecule has 2 amide bonds. The van der Waals surface area contributed by atoms with Crippen molar-refractivity contribution in [2.24, 2.45) is 5.73 Å². The predicted octanol–water partition coefficient (Wildman–Crippen LogP) is 0.144. The largest absolute Gasteiger partial charge is 0.493 e. The van der Waals surface area contributed by atoms with Crippen LogP contribution in [0.2, 0.25) is 0 Å². The highest BCUT2D eigenvalue weighted by Crippen LogP contribution is 2.13. The standard InChI is InChI=1S/C13H16N2O5/c1-8(13(18)19)15-11(16)5-6-20-10-4-2-3-9(7-10)12(14)17/h2-4,7-8H,5-6H2,1H3,(H2,14,17)(H,15,16)(H,18,19)/t8-/m1/s1. The molecule has 0 saturated carbocycles. The number of nitrogens with one attached hydrogen (secondary N) is 1. The number of ether oxygens (including phenoxy) is 1. The minimum Gasteiger partial charge on any atom is -0.493 e. The van der Waals surface area contributed by atoms with Gasteiger partial charge in [0.05, 0.1) is 13.0 Å². The highest BCUT2D eigenvalue weighted by Gasteiger charge is 2.13. The molecule has 0 saturated heterocycles. The van der Waals surface area contributed by atoms with Gasteiger partial charge in [0.15, 0.2) is 0 Å². The van der Waals surface area contributed by atoms with E-state index in [1.54, 1.807) is 18.2 Å². The second kappa shape index (κ2) is 7.13. The molecule has 0 bridgehead atoms. The molecule has 108 valence electrons. The third-order valence-electron chi connectivity index (χ3n) is 2.46. The number of carboxylic acids is 1. The lowest BCUT2D eigenvalue weighted by Crippen LogP contribution is -2.38. The molecule has 7 heteroatoms. The molecule has 4 N–H and O–H groups in total. The van der Waals surface area contributed by atoms with Crippen molar-refractivity contribution in [1.29, 1.82) is 0 Å². The summed E-state index contributed by atoms with van der Waals surface area (Å²) in [6.07, 6.45) is 0.0123. The molecule has 1 aromatic rings. The Morgan fingerprint density at radius 2 is 2.10 bits per heavy atom. The van der Waals surface area contributed by atoms with Crippen LogP contribution < -0.4 is 15.8 Å². The molecule has 0 spiro atoms. The Morgan fingerprint density at radius 3 is 2.70 bits per heavy atom. The molecule has 0 aliphatic carbocycles. The van der Waals surface area contributed by atoms with Crippen LogP contribution in [-0.4, -0.2) is 35.5 Å². The van der Waals surface area contributed by atoms with Crippen LogP contribution in [0, 0.1) is 0 Å². The number of hydrogen-bond donors (Lipinski definition) is 3. The van der Waals surface area contributed by atoms with E-state index in [4.69, 9.17) is 15.6 Å². The van der Waals surface area contributed by atoms with Crippen molar-refractivity contribution < 1.29 is 24.2 Å². The SMILES string of the molecule is C[C@@H](NC(=O)CCOc1cccc(C(N)=O)c1)C(=O)O. The van der Waals surface area contributed by atoms with Crippen LogP contribution in [0.4, 0.5) is 0 Å². The Morgan fingerprint density at radius 1 is 1.40 bits per heavy atom. The van der Waals surface area contributed by atoms with Gasteiger partial charge in [0, 0.05) is 5.56 Å². The highest BCUT2D eigenvalue weighted by atomic mass is 16.5. The smallest absolute Gasteiger partial charge is 0.325 e. The Labute approximate surface area is 115 Å². The van der Waals surface area contributed by atoms with Gasteiger partial charge in [-0.2, -0.15) is 0 Å². The van der Waals surface area contributed by atoms with Crippen LogP contribution in [-0.2, 0) is 9.59 Å². The van der Waals surface area contributed by atoms with E-state index in [1.165, 1.54) is 13.0 Å². The van der Waals surface area contributed by atoms with Gasteiger partial charge < -0.3 is 20.9 Å². The molecular weight excluding hydrogens is 264 g/mol. The van der Waals surface area contributed by atoms with E-state index in [-0.39, 0.29) is 13.0 Å². The predicted molar refractivity (Wildman–Crippen MR) is 70.3 cm³/mol. The Bertz CT molecular complexity index is 515. The third kappa shape index (κ3) is 4.97. The first-order chi connectivity index (χ1) is 9.40. The van der Waals surface area contributed by atoms with E-state index in [0.29, 0.717) is 11.3 Å². The molecule has 0 heterocycles. The lowest BCUT2D eigenvalue weighted by Gasteiger charge is -2.10. The van der Waals surface area contributed by atoms with Gasteiger partial charge in [0.25, 0.3) is 0 Å². The fourth-order valence-electron chi connectivity index (χ4n) is 1.38. The first kappa shape index (κ1) is 15.5. The van der Waals surface area contributed by atoms with Crippen molar-refractivity contribution in [2.75, 3.05) is 6.61 Å². The number of primary amides is 1. The van der Waals surface area contributed by atoms with Crippen molar-refractivity contribution in [2.45, 2.75) is 19.4 Å². The Kier molecular flexibility index (Phi) is 5.52. The summed E-state index contributed by atoms with van der Waals surface area (Å²) < 4.78 is 5.29. The summed E-state index contributed by atoms with van der Waals surface area (Å²) in [5.41, 5.74) is 5.44. The summed E-state index contributed by atoms with van der Waals surface area (Å²) in [4.78, 5) is 32.9. The molecule has 20 heavy (non-hydrogen) atoms. The van der Waals surface area contributed by atoms with E-state index in [9.17, 15) is 14.4 Å². The van der Waals surface area contributed by atoms with Crippen molar-refractivity contribution in [3.8, 4) is 5.75 Å². The van der Waals surface area contributed by atoms with Crippen LogP contribution >= 0.6 is 0 Å². The molecule has 1 rings (SSSR count). The van der Waals surface area contributed by atoms with E-state index in [2.05, 4.69) is 5.32 Å². The summed E-state index contributed by atoms with van der Waals surface area (Å²) in [5, 5.41) is 10.9. The van der Waals surface area contributed by atoms with Gasteiger partial charge in [0.1, 0.15) is 11.8 Å². The van der Waals surface area contributed by atoms with Crippen LogP contribution in [0.3, 0.4) is 0 Å². The molecule has 0 fully saturated rings. The highest BCUT2D eigenvalue weighted by molar-refractivity contribution is 5.93. The number of benzene rings is 1. The van der Waals surface area contributed by atoms with Crippen LogP contribution in [0.25, 0.3) is 0 Å². The number of carbonyl (C=O) groups is 3. The van der Waals surface area contributed by atoms with Crippen molar-refractivity contribution in [1.82, 2.24) is 5.32 Å². The van der Waals surface area contributed by atoms with E-state index in [1.807, 2.05) is 0 Å². The molecular formula is C13H16N2O5. The zero-order chi connectivity index (χ0) is 15.1. The van der Waals surface area contributed by atoms with E-state index < -0.39 is 23.8 Å². The van der Waals surface area contributed by atoms with E-state index >= 15 is 0 Å². The molecule has 0 aromatic heterocycles. The number of carboxylic acid groups (broad SMARTS) is 1. The average molecular weight is 280 g/mol. The van der Waals surface area contributed by atoms with Gasteiger partial charge in [-0.05, 0) is 25.1 Å². The zero-order valence-corrected chi connectivity index (χ0v) is 11.0. The lowest BCUT2D eigenvalue weighted by molar-refractivity contribution is -0.141. The second-order valence-electron chi connectivity index (χ2n) is 4.12. The quantitative estimate of drug-likeness (QED) is 0.656. The van der Waals surface area contributed by atoms with Gasteiger partial charge in [0.2, 0.25) is 11.8 Å². The maximum Gasteiger partial charge on any atom is 0.325 e. The first-order valence-corrected chi connectivity index (χ1v) is 5.95. The second-order valence-corrected chi connectivity index (χ2v) is 4.12. The summed E-state index contributed by atoms with van der Waals surface area (Å²) >= 11 is 0. The van der Waals surface area contributed by atoms with E-state index in [0.717, 1.165) is 0 Å². The van der Waals surface area contributed by atoms with Crippen LogP contribution in [0.15, 0.2) is 24.3 Å². The van der Waals surface area contributed by atoms with Gasteiger partial charge >= 0.3 is 5.97 Å². The zero-order valence-electron chi connectivity index (χ0n) is 11.0. The van der Waals surface area contributed by atoms with Crippen molar-refractivity contribution in [3.05, 3.63) is 29.8 Å². The fraction of sp³-hybridized carbons (Fsp3) is 0.308. The molecule has 1 atom stereocenters. The van der Waals surface area contributed by atoms with Gasteiger partial charge in [-0.3, -0.25) is 14.4 Å². The fourth-order valence-corrected chi connectivity index (χ4v) is 1.38. The minimum atomic E-state index is -1.10. The Balaban J connectivity index is 2.41. The number of hydrogen-bond acceptors (Lipinski definition) is 4. The number of nitrogens with two attached hydrogens (primary N) is 1. The Hall–Kier alpha value is -2.57. The number of carbonyl (C=O) groups excluding carboxylic acids is 2. The summed E-state index contributed by atoms with van der Waals surface area (Å²) in [6, 6.07) is 5.32. The van der Waals surface area contributed by atoms with Crippen LogP contribution in [0.1, 0.15) is 23.7 Å². The van der Waals surface area contributed by atoms with Gasteiger partial charge in [-0.1, -0.05) is 6.07 Å². The number of aliphatic carboxylic acids is 1. The van der Waals surface area contributed by atoms with Gasteiger partial charge in [-0.25, -0.2) is 0 Å². The van der Waals surface area contributed by atoms with Gasteiger partial charge in [-0.15, -0.1) is 0 Å². The minimum absolute atomic E-state index is 0.0123. The normalized spacial score (nSPS) is 11.4. The van der Waals surface area contributed by atoms with Crippen LogP contribution in [0.5, 0.6) is 5.75 Å². The molecule has 0 unspecified atom stereocenters. The van der Waals surface area contributed by atoms with Crippen molar-refractivity contribution >= 4 is 17.8 Å². The molecule has 0 aliphatic heterocycles. The monoisotopic (exact) mass is 280 g/mol. The maximum absolute atomic E-state index is 11.4. The maximum atomic E-state index is 11.4. The number of amides is 2. The molecule has 1 aromatic carbocycles. The molecule has 7 nitrogen and oxygen atoms in total. The summed E-state index contributed by atoms with van der Waals surface area (Å²) in [5.74, 6) is -1.68. The topological polar surface area (TPSA) is 119 Å².